The Bertz CT molecular complexity index is 1670. The number of likely N-dealkylation sites (tertiary alicyclic amines) is 1. The van der Waals surface area contributed by atoms with E-state index in [4.69, 9.17) is 4.74 Å². The van der Waals surface area contributed by atoms with Crippen molar-refractivity contribution in [1.29, 1.82) is 0 Å². The van der Waals surface area contributed by atoms with Gasteiger partial charge < -0.3 is 15.0 Å². The molecule has 0 aliphatic carbocycles. The van der Waals surface area contributed by atoms with Gasteiger partial charge in [0.25, 0.3) is 5.91 Å². The molecule has 40 heavy (non-hydrogen) atoms. The fourth-order valence-electron chi connectivity index (χ4n) is 4.92. The number of alkyl halides is 3. The Morgan fingerprint density at radius 1 is 1.12 bits per heavy atom. The molecule has 206 valence electrons. The monoisotopic (exact) mass is 551 g/mol. The second-order valence-corrected chi connectivity index (χ2v) is 9.20. The first kappa shape index (κ1) is 26.7. The average molecular weight is 552 g/mol. The van der Waals surface area contributed by atoms with E-state index in [1.54, 1.807) is 52.2 Å². The summed E-state index contributed by atoms with van der Waals surface area (Å²) in [6.45, 7) is 4.41. The van der Waals surface area contributed by atoms with Crippen molar-refractivity contribution in [1.82, 2.24) is 19.0 Å². The molecule has 1 fully saturated rings. The van der Waals surface area contributed by atoms with Crippen LogP contribution in [0.2, 0.25) is 0 Å². The van der Waals surface area contributed by atoms with Gasteiger partial charge in [-0.15, -0.1) is 0 Å². The topological polar surface area (TPSA) is 98.5 Å². The number of hydrogen-bond acceptors (Lipinski definition) is 5. The molecule has 2 amide bonds. The van der Waals surface area contributed by atoms with Gasteiger partial charge in [0, 0.05) is 30.5 Å². The van der Waals surface area contributed by atoms with Crippen LogP contribution < -0.4 is 15.7 Å². The minimum Gasteiger partial charge on any atom is -0.496 e. The Hall–Kier alpha value is -4.87. The number of aromatic nitrogens is 3. The summed E-state index contributed by atoms with van der Waals surface area (Å²) in [4.78, 5) is 44.2. The molecule has 2 aromatic carbocycles. The van der Waals surface area contributed by atoms with Crippen LogP contribution in [0, 0.1) is 0 Å². The molecule has 1 aliphatic heterocycles. The zero-order valence-corrected chi connectivity index (χ0v) is 21.3. The van der Waals surface area contributed by atoms with Crippen LogP contribution in [0.4, 0.5) is 18.9 Å². The number of amides is 2. The quantitative estimate of drug-likeness (QED) is 0.358. The Morgan fingerprint density at radius 2 is 1.88 bits per heavy atom. The van der Waals surface area contributed by atoms with E-state index in [0.717, 1.165) is 19.2 Å². The number of carbonyl (C=O) groups excluding carboxylic acids is 2. The summed E-state index contributed by atoms with van der Waals surface area (Å²) < 4.78 is 48.0. The summed E-state index contributed by atoms with van der Waals surface area (Å²) in [5.41, 5.74) is 0.495. The molecule has 0 bridgehead atoms. The number of pyridine rings is 1. The van der Waals surface area contributed by atoms with Gasteiger partial charge in [-0.2, -0.15) is 13.2 Å². The van der Waals surface area contributed by atoms with Crippen LogP contribution in [-0.2, 0) is 11.0 Å². The van der Waals surface area contributed by atoms with Crippen molar-refractivity contribution in [3.05, 3.63) is 95.2 Å². The molecule has 12 heteroatoms. The van der Waals surface area contributed by atoms with E-state index < -0.39 is 17.6 Å². The second kappa shape index (κ2) is 10.4. The van der Waals surface area contributed by atoms with Crippen molar-refractivity contribution in [3.8, 4) is 11.4 Å². The number of nitrogens with zero attached hydrogens (tertiary/aromatic N) is 4. The third kappa shape index (κ3) is 4.83. The zero-order chi connectivity index (χ0) is 28.6. The fraction of sp³-hybridized carbons (Fsp3) is 0.214. The van der Waals surface area contributed by atoms with Gasteiger partial charge in [0.15, 0.2) is 0 Å². The fourth-order valence-corrected chi connectivity index (χ4v) is 4.92. The van der Waals surface area contributed by atoms with Gasteiger partial charge in [-0.05, 0) is 61.0 Å². The minimum absolute atomic E-state index is 0.192. The number of carbonyl (C=O) groups is 2. The summed E-state index contributed by atoms with van der Waals surface area (Å²) in [5.74, 6) is -1.31. The van der Waals surface area contributed by atoms with Gasteiger partial charge in [0.2, 0.25) is 5.91 Å². The summed E-state index contributed by atoms with van der Waals surface area (Å²) >= 11 is 0. The molecule has 1 N–H and O–H groups in total. The van der Waals surface area contributed by atoms with E-state index in [2.05, 4.69) is 16.9 Å². The number of hydrogen-bond donors (Lipinski definition) is 1. The van der Waals surface area contributed by atoms with E-state index in [0.29, 0.717) is 41.9 Å². The molecule has 0 unspecified atom stereocenters. The first-order valence-corrected chi connectivity index (χ1v) is 12.3. The summed E-state index contributed by atoms with van der Waals surface area (Å²) in [5, 5.41) is 2.58. The predicted molar refractivity (Wildman–Crippen MR) is 142 cm³/mol. The Kier molecular flexibility index (Phi) is 6.92. The van der Waals surface area contributed by atoms with Crippen LogP contribution in [-0.4, -0.2) is 51.0 Å². The lowest BCUT2D eigenvalue weighted by atomic mass is 10.1. The minimum atomic E-state index is -4.69. The van der Waals surface area contributed by atoms with Gasteiger partial charge in [-0.3, -0.25) is 23.7 Å². The Morgan fingerprint density at radius 3 is 2.55 bits per heavy atom. The number of imidazole rings is 1. The third-order valence-electron chi connectivity index (χ3n) is 6.84. The van der Waals surface area contributed by atoms with E-state index in [1.807, 2.05) is 0 Å². The number of methoxy groups -OCH3 is 1. The molecular weight excluding hydrogens is 527 g/mol. The standard InChI is InChI=1S/C28H24F3N5O4/c1-3-25(37)34-13-11-20(16-34)36-22-10-12-32-15-23(22)35(27(36)39)19-7-5-18(6-8-19)33-26(38)17-4-9-24(40-2)21(14-17)28(29,30)31/h3-10,12,14-15,20H,1,11,13,16H2,2H3,(H,33,38)/t20-/m1/s1. The molecule has 1 saturated heterocycles. The molecule has 0 saturated carbocycles. The van der Waals surface area contributed by atoms with Crippen molar-refractivity contribution in [2.75, 3.05) is 25.5 Å². The Balaban J connectivity index is 1.43. The Labute approximate surface area is 226 Å². The number of fused-ring (bicyclic) bond motifs is 1. The number of halogens is 3. The highest BCUT2D eigenvalue weighted by molar-refractivity contribution is 6.04. The molecule has 5 rings (SSSR count). The van der Waals surface area contributed by atoms with Crippen LogP contribution in [0.25, 0.3) is 16.7 Å². The van der Waals surface area contributed by atoms with E-state index >= 15 is 0 Å². The normalized spacial score (nSPS) is 15.3. The van der Waals surface area contributed by atoms with Gasteiger partial charge in [0.05, 0.1) is 41.6 Å². The number of rotatable bonds is 6. The first-order valence-electron chi connectivity index (χ1n) is 12.3. The van der Waals surface area contributed by atoms with Crippen molar-refractivity contribution in [2.45, 2.75) is 18.6 Å². The number of nitrogens with one attached hydrogen (secondary N) is 1. The lowest BCUT2D eigenvalue weighted by Gasteiger charge is -2.15. The summed E-state index contributed by atoms with van der Waals surface area (Å²) in [6, 6.07) is 10.9. The third-order valence-corrected chi connectivity index (χ3v) is 6.84. The van der Waals surface area contributed by atoms with Gasteiger partial charge in [-0.1, -0.05) is 6.58 Å². The van der Waals surface area contributed by atoms with Gasteiger partial charge >= 0.3 is 11.9 Å². The maximum atomic E-state index is 13.6. The molecule has 1 atom stereocenters. The SMILES string of the molecule is C=CC(=O)N1CC[C@@H](n2c(=O)n(-c3ccc(NC(=O)c4ccc(OC)c(C(F)(F)F)c4)cc3)c3cnccc32)C1. The van der Waals surface area contributed by atoms with Crippen molar-refractivity contribution in [3.63, 3.8) is 0 Å². The smallest absolute Gasteiger partial charge is 0.419 e. The van der Waals surface area contributed by atoms with Crippen molar-refractivity contribution < 1.29 is 27.5 Å². The summed E-state index contributed by atoms with van der Waals surface area (Å²) in [7, 11) is 1.12. The molecule has 9 nitrogen and oxygen atoms in total. The van der Waals surface area contributed by atoms with Crippen LogP contribution in [0.3, 0.4) is 0 Å². The highest BCUT2D eigenvalue weighted by atomic mass is 19.4. The molecule has 3 heterocycles. The van der Waals surface area contributed by atoms with Gasteiger partial charge in [0.1, 0.15) is 5.75 Å². The van der Waals surface area contributed by atoms with Crippen molar-refractivity contribution in [2.24, 2.45) is 0 Å². The largest absolute Gasteiger partial charge is 0.496 e. The maximum Gasteiger partial charge on any atom is 0.419 e. The number of ether oxygens (including phenoxy) is 1. The van der Waals surface area contributed by atoms with Crippen LogP contribution >= 0.6 is 0 Å². The van der Waals surface area contributed by atoms with E-state index in [1.165, 1.54) is 16.7 Å². The highest BCUT2D eigenvalue weighted by Crippen LogP contribution is 2.37. The van der Waals surface area contributed by atoms with Crippen LogP contribution in [0.1, 0.15) is 28.4 Å². The lowest BCUT2D eigenvalue weighted by Crippen LogP contribution is -2.31. The second-order valence-electron chi connectivity index (χ2n) is 9.20. The van der Waals surface area contributed by atoms with E-state index in [9.17, 15) is 27.6 Å². The average Bonchev–Trinajstić information content (AvgIpc) is 3.54. The van der Waals surface area contributed by atoms with Crippen LogP contribution in [0.15, 0.2) is 78.4 Å². The molecule has 0 spiro atoms. The van der Waals surface area contributed by atoms with E-state index in [-0.39, 0.29) is 29.0 Å². The number of benzene rings is 2. The zero-order valence-electron chi connectivity index (χ0n) is 21.3. The molecule has 4 aromatic rings. The predicted octanol–water partition coefficient (Wildman–Crippen LogP) is 4.43. The maximum absolute atomic E-state index is 13.6. The molecule has 1 aliphatic rings. The van der Waals surface area contributed by atoms with Gasteiger partial charge in [-0.25, -0.2) is 4.79 Å². The van der Waals surface area contributed by atoms with Crippen molar-refractivity contribution >= 4 is 28.5 Å². The number of anilines is 1. The lowest BCUT2D eigenvalue weighted by molar-refractivity contribution is -0.138. The highest BCUT2D eigenvalue weighted by Gasteiger charge is 2.35. The first-order chi connectivity index (χ1) is 19.1. The van der Waals surface area contributed by atoms with Crippen LogP contribution in [0.5, 0.6) is 5.75 Å². The molecule has 2 aromatic heterocycles. The molecular formula is C28H24F3N5O4. The molecule has 0 radical (unpaired) electrons. The summed E-state index contributed by atoms with van der Waals surface area (Å²) in [6.07, 6.45) is 0.330.